The second-order valence-electron chi connectivity index (χ2n) is 6.13. The molecule has 0 aromatic rings. The summed E-state index contributed by atoms with van der Waals surface area (Å²) in [5, 5.41) is 3.29. The average molecular weight is 261 g/mol. The lowest BCUT2D eigenvalue weighted by atomic mass is 9.74. The first-order chi connectivity index (χ1) is 8.49. The molecule has 2 rings (SSSR count). The largest absolute Gasteiger partial charge is 0.378 e. The Bertz CT molecular complexity index is 273. The molecule has 2 aliphatic rings. The molecule has 2 unspecified atom stereocenters. The van der Waals surface area contributed by atoms with Crippen LogP contribution < -0.4 is 5.32 Å². The molecule has 0 radical (unpaired) electrons. The lowest BCUT2D eigenvalue weighted by molar-refractivity contribution is -0.0844. The SMILES string of the molecule is CNC(CC1CCC(F)(F)C1)CC1(OC)CCC1. The molecule has 2 nitrogen and oxygen atoms in total. The average Bonchev–Trinajstić information content (AvgIpc) is 2.61. The lowest BCUT2D eigenvalue weighted by Gasteiger charge is -2.43. The van der Waals surface area contributed by atoms with Crippen molar-refractivity contribution in [1.29, 1.82) is 0 Å². The van der Waals surface area contributed by atoms with Crippen molar-refractivity contribution in [3.63, 3.8) is 0 Å². The first kappa shape index (κ1) is 14.2. The van der Waals surface area contributed by atoms with Gasteiger partial charge < -0.3 is 10.1 Å². The topological polar surface area (TPSA) is 21.3 Å². The molecule has 0 saturated heterocycles. The van der Waals surface area contributed by atoms with Gasteiger partial charge in [-0.05, 0) is 51.5 Å². The van der Waals surface area contributed by atoms with Crippen molar-refractivity contribution in [2.24, 2.45) is 5.92 Å². The number of hydrogen-bond donors (Lipinski definition) is 1. The molecule has 1 N–H and O–H groups in total. The predicted octanol–water partition coefficient (Wildman–Crippen LogP) is 3.36. The van der Waals surface area contributed by atoms with E-state index in [-0.39, 0.29) is 24.4 Å². The van der Waals surface area contributed by atoms with Gasteiger partial charge in [-0.25, -0.2) is 8.78 Å². The third kappa shape index (κ3) is 3.21. The van der Waals surface area contributed by atoms with Gasteiger partial charge in [0.2, 0.25) is 5.92 Å². The van der Waals surface area contributed by atoms with E-state index in [0.29, 0.717) is 12.5 Å². The molecule has 0 aliphatic heterocycles. The number of rotatable bonds is 6. The first-order valence-electron chi connectivity index (χ1n) is 7.09. The predicted molar refractivity (Wildman–Crippen MR) is 68.0 cm³/mol. The van der Waals surface area contributed by atoms with Gasteiger partial charge in [-0.3, -0.25) is 0 Å². The van der Waals surface area contributed by atoms with E-state index in [2.05, 4.69) is 5.32 Å². The Morgan fingerprint density at radius 2 is 2.06 bits per heavy atom. The van der Waals surface area contributed by atoms with Gasteiger partial charge in [-0.2, -0.15) is 0 Å². The third-order valence-corrected chi connectivity index (χ3v) is 4.85. The van der Waals surface area contributed by atoms with E-state index in [0.717, 1.165) is 25.7 Å². The summed E-state index contributed by atoms with van der Waals surface area (Å²) < 4.78 is 32.0. The Morgan fingerprint density at radius 3 is 2.44 bits per heavy atom. The fourth-order valence-electron chi connectivity index (χ4n) is 3.46. The van der Waals surface area contributed by atoms with Crippen LogP contribution in [0.15, 0.2) is 0 Å². The van der Waals surface area contributed by atoms with E-state index in [1.165, 1.54) is 6.42 Å². The van der Waals surface area contributed by atoms with E-state index in [1.807, 2.05) is 7.05 Å². The highest BCUT2D eigenvalue weighted by Crippen LogP contribution is 2.43. The van der Waals surface area contributed by atoms with Gasteiger partial charge in [0.15, 0.2) is 0 Å². The van der Waals surface area contributed by atoms with E-state index in [1.54, 1.807) is 7.11 Å². The van der Waals surface area contributed by atoms with Crippen LogP contribution in [0.5, 0.6) is 0 Å². The molecule has 0 amide bonds. The minimum Gasteiger partial charge on any atom is -0.378 e. The maximum atomic E-state index is 13.2. The molecule has 0 spiro atoms. The van der Waals surface area contributed by atoms with Crippen molar-refractivity contribution in [2.75, 3.05) is 14.2 Å². The number of ether oxygens (including phenoxy) is 1. The van der Waals surface area contributed by atoms with E-state index in [9.17, 15) is 8.78 Å². The summed E-state index contributed by atoms with van der Waals surface area (Å²) in [5.74, 6) is -2.25. The van der Waals surface area contributed by atoms with Crippen LogP contribution in [0.4, 0.5) is 8.78 Å². The minimum absolute atomic E-state index is 0.0226. The van der Waals surface area contributed by atoms with Crippen molar-refractivity contribution in [3.05, 3.63) is 0 Å². The minimum atomic E-state index is -2.42. The van der Waals surface area contributed by atoms with Crippen LogP contribution in [-0.2, 0) is 4.74 Å². The molecular formula is C14H25F2NO. The quantitative estimate of drug-likeness (QED) is 0.791. The lowest BCUT2D eigenvalue weighted by Crippen LogP contribution is -2.45. The standard InChI is InChI=1S/C14H25F2NO/c1-17-12(10-13(18-2)5-3-6-13)8-11-4-7-14(15,16)9-11/h11-12,17H,3-10H2,1-2H3. The molecular weight excluding hydrogens is 236 g/mol. The van der Waals surface area contributed by atoms with Crippen molar-refractivity contribution in [2.45, 2.75) is 68.9 Å². The van der Waals surface area contributed by atoms with Crippen LogP contribution in [0.2, 0.25) is 0 Å². The summed E-state index contributed by atoms with van der Waals surface area (Å²) in [5.41, 5.74) is 0.0226. The monoisotopic (exact) mass is 261 g/mol. The molecule has 106 valence electrons. The van der Waals surface area contributed by atoms with Crippen LogP contribution in [0.3, 0.4) is 0 Å². The molecule has 0 bridgehead atoms. The molecule has 18 heavy (non-hydrogen) atoms. The molecule has 0 aromatic carbocycles. The maximum Gasteiger partial charge on any atom is 0.248 e. The van der Waals surface area contributed by atoms with Gasteiger partial charge in [-0.1, -0.05) is 0 Å². The van der Waals surface area contributed by atoms with Crippen molar-refractivity contribution in [1.82, 2.24) is 5.32 Å². The van der Waals surface area contributed by atoms with Crippen LogP contribution in [0.25, 0.3) is 0 Å². The first-order valence-corrected chi connectivity index (χ1v) is 7.09. The highest BCUT2D eigenvalue weighted by atomic mass is 19.3. The van der Waals surface area contributed by atoms with Gasteiger partial charge in [0.1, 0.15) is 0 Å². The Kier molecular flexibility index (Phi) is 4.27. The molecule has 2 aliphatic carbocycles. The third-order valence-electron chi connectivity index (χ3n) is 4.85. The zero-order valence-corrected chi connectivity index (χ0v) is 11.5. The summed E-state index contributed by atoms with van der Waals surface area (Å²) >= 11 is 0. The molecule has 0 aromatic heterocycles. The molecule has 4 heteroatoms. The van der Waals surface area contributed by atoms with Gasteiger partial charge in [-0.15, -0.1) is 0 Å². The summed E-state index contributed by atoms with van der Waals surface area (Å²) in [6, 6.07) is 0.309. The van der Waals surface area contributed by atoms with E-state index < -0.39 is 5.92 Å². The number of alkyl halides is 2. The second-order valence-corrected chi connectivity index (χ2v) is 6.13. The Balaban J connectivity index is 1.82. The Morgan fingerprint density at radius 1 is 1.33 bits per heavy atom. The van der Waals surface area contributed by atoms with Gasteiger partial charge >= 0.3 is 0 Å². The number of hydrogen-bond acceptors (Lipinski definition) is 2. The van der Waals surface area contributed by atoms with Crippen LogP contribution in [0, 0.1) is 5.92 Å². The zero-order chi connectivity index (χ0) is 13.2. The molecule has 2 fully saturated rings. The molecule has 2 saturated carbocycles. The number of nitrogens with one attached hydrogen (secondary N) is 1. The summed E-state index contributed by atoms with van der Waals surface area (Å²) in [6.45, 7) is 0. The van der Waals surface area contributed by atoms with Crippen molar-refractivity contribution in [3.8, 4) is 0 Å². The van der Waals surface area contributed by atoms with E-state index in [4.69, 9.17) is 4.74 Å². The Hall–Kier alpha value is -0.220. The van der Waals surface area contributed by atoms with Crippen molar-refractivity contribution >= 4 is 0 Å². The number of methoxy groups -OCH3 is 1. The second kappa shape index (κ2) is 5.41. The molecule has 2 atom stereocenters. The fraction of sp³-hybridized carbons (Fsp3) is 1.00. The zero-order valence-electron chi connectivity index (χ0n) is 11.5. The van der Waals surface area contributed by atoms with Crippen molar-refractivity contribution < 1.29 is 13.5 Å². The van der Waals surface area contributed by atoms with Crippen LogP contribution >= 0.6 is 0 Å². The highest BCUT2D eigenvalue weighted by Gasteiger charge is 2.42. The summed E-state index contributed by atoms with van der Waals surface area (Å²) in [7, 11) is 3.70. The van der Waals surface area contributed by atoms with Gasteiger partial charge in [0, 0.05) is 26.0 Å². The normalized spacial score (nSPS) is 31.0. The Labute approximate surface area is 108 Å². The molecule has 0 heterocycles. The highest BCUT2D eigenvalue weighted by molar-refractivity contribution is 4.94. The maximum absolute atomic E-state index is 13.2. The van der Waals surface area contributed by atoms with E-state index >= 15 is 0 Å². The smallest absolute Gasteiger partial charge is 0.248 e. The summed E-state index contributed by atoms with van der Waals surface area (Å²) in [4.78, 5) is 0. The van der Waals surface area contributed by atoms with Crippen LogP contribution in [-0.4, -0.2) is 31.7 Å². The van der Waals surface area contributed by atoms with Gasteiger partial charge in [0.05, 0.1) is 5.60 Å². The van der Waals surface area contributed by atoms with Crippen LogP contribution in [0.1, 0.15) is 51.4 Å². The number of halogens is 2. The van der Waals surface area contributed by atoms with Gasteiger partial charge in [0.25, 0.3) is 0 Å². The fourth-order valence-corrected chi connectivity index (χ4v) is 3.46. The summed E-state index contributed by atoms with van der Waals surface area (Å²) in [6.07, 6.45) is 6.09.